The number of carbonyl (C=O) groups excluding carboxylic acids is 2. The van der Waals surface area contributed by atoms with Gasteiger partial charge in [-0.15, -0.1) is 0 Å². The summed E-state index contributed by atoms with van der Waals surface area (Å²) in [5, 5.41) is 0.128. The topological polar surface area (TPSA) is 50.5 Å². The SMILES string of the molecule is CC(=O)SCC1CC(=O)N(CCCc2ccco2)C1. The van der Waals surface area contributed by atoms with Crippen molar-refractivity contribution in [3.05, 3.63) is 24.2 Å². The van der Waals surface area contributed by atoms with E-state index in [0.29, 0.717) is 12.3 Å². The van der Waals surface area contributed by atoms with Crippen LogP contribution in [0.25, 0.3) is 0 Å². The maximum Gasteiger partial charge on any atom is 0.222 e. The molecule has 19 heavy (non-hydrogen) atoms. The molecule has 1 aliphatic rings. The van der Waals surface area contributed by atoms with Gasteiger partial charge in [-0.1, -0.05) is 11.8 Å². The number of aryl methyl sites for hydroxylation is 1. The number of carbonyl (C=O) groups is 2. The predicted octanol–water partition coefficient (Wildman–Crippen LogP) is 2.34. The molecule has 1 atom stereocenters. The lowest BCUT2D eigenvalue weighted by Crippen LogP contribution is -2.26. The Bertz CT molecular complexity index is 430. The molecule has 0 N–H and O–H groups in total. The van der Waals surface area contributed by atoms with E-state index in [1.807, 2.05) is 17.0 Å². The minimum absolute atomic E-state index is 0.128. The van der Waals surface area contributed by atoms with Crippen LogP contribution in [0.5, 0.6) is 0 Å². The van der Waals surface area contributed by atoms with E-state index in [4.69, 9.17) is 4.42 Å². The van der Waals surface area contributed by atoms with Crippen molar-refractivity contribution in [2.45, 2.75) is 26.2 Å². The highest BCUT2D eigenvalue weighted by atomic mass is 32.2. The van der Waals surface area contributed by atoms with E-state index in [-0.39, 0.29) is 11.0 Å². The number of rotatable bonds is 6. The molecular formula is C14H19NO3S. The zero-order chi connectivity index (χ0) is 13.7. The van der Waals surface area contributed by atoms with Crippen LogP contribution < -0.4 is 0 Å². The third kappa shape index (κ3) is 4.42. The maximum atomic E-state index is 11.8. The lowest BCUT2D eigenvalue weighted by Gasteiger charge is -2.15. The van der Waals surface area contributed by atoms with Crippen LogP contribution >= 0.6 is 11.8 Å². The summed E-state index contributed by atoms with van der Waals surface area (Å²) in [6, 6.07) is 3.84. The molecule has 1 aromatic rings. The molecule has 2 rings (SSSR count). The van der Waals surface area contributed by atoms with Crippen LogP contribution in [0.2, 0.25) is 0 Å². The Kier molecular flexibility index (Phi) is 5.07. The van der Waals surface area contributed by atoms with Crippen molar-refractivity contribution < 1.29 is 14.0 Å². The van der Waals surface area contributed by atoms with Gasteiger partial charge in [-0.2, -0.15) is 0 Å². The van der Waals surface area contributed by atoms with Gasteiger partial charge in [0.05, 0.1) is 6.26 Å². The fourth-order valence-corrected chi connectivity index (χ4v) is 3.01. The Balaban J connectivity index is 1.69. The Hall–Kier alpha value is -1.23. The van der Waals surface area contributed by atoms with E-state index in [2.05, 4.69) is 0 Å². The van der Waals surface area contributed by atoms with Crippen LogP contribution in [-0.4, -0.2) is 34.8 Å². The number of likely N-dealkylation sites (tertiary alicyclic amines) is 1. The Morgan fingerprint density at radius 3 is 3.11 bits per heavy atom. The van der Waals surface area contributed by atoms with Crippen LogP contribution in [0.15, 0.2) is 22.8 Å². The first-order chi connectivity index (χ1) is 9.15. The first kappa shape index (κ1) is 14.2. The van der Waals surface area contributed by atoms with E-state index in [0.717, 1.165) is 37.4 Å². The molecule has 1 unspecified atom stereocenters. The van der Waals surface area contributed by atoms with E-state index in [1.165, 1.54) is 11.8 Å². The number of hydrogen-bond acceptors (Lipinski definition) is 4. The van der Waals surface area contributed by atoms with Crippen LogP contribution in [0.1, 0.15) is 25.5 Å². The van der Waals surface area contributed by atoms with Gasteiger partial charge in [-0.3, -0.25) is 9.59 Å². The lowest BCUT2D eigenvalue weighted by molar-refractivity contribution is -0.127. The van der Waals surface area contributed by atoms with E-state index >= 15 is 0 Å². The van der Waals surface area contributed by atoms with Crippen LogP contribution in [0.3, 0.4) is 0 Å². The maximum absolute atomic E-state index is 11.8. The summed E-state index contributed by atoms with van der Waals surface area (Å²) in [5.41, 5.74) is 0. The van der Waals surface area contributed by atoms with Gasteiger partial charge in [0.25, 0.3) is 0 Å². The van der Waals surface area contributed by atoms with Crippen LogP contribution in [-0.2, 0) is 16.0 Å². The molecule has 1 aromatic heterocycles. The van der Waals surface area contributed by atoms with E-state index in [9.17, 15) is 9.59 Å². The third-order valence-electron chi connectivity index (χ3n) is 3.25. The molecule has 0 radical (unpaired) electrons. The fourth-order valence-electron chi connectivity index (χ4n) is 2.32. The van der Waals surface area contributed by atoms with Gasteiger partial charge in [-0.05, 0) is 24.5 Å². The summed E-state index contributed by atoms with van der Waals surface area (Å²) >= 11 is 1.32. The molecule has 2 heterocycles. The number of thioether (sulfide) groups is 1. The zero-order valence-corrected chi connectivity index (χ0v) is 11.9. The third-order valence-corrected chi connectivity index (χ3v) is 4.29. The molecule has 1 aliphatic heterocycles. The summed E-state index contributed by atoms with van der Waals surface area (Å²) in [7, 11) is 0. The lowest BCUT2D eigenvalue weighted by atomic mass is 10.1. The largest absolute Gasteiger partial charge is 0.469 e. The second-order valence-corrected chi connectivity index (χ2v) is 6.09. The summed E-state index contributed by atoms with van der Waals surface area (Å²) in [4.78, 5) is 24.7. The molecule has 4 nitrogen and oxygen atoms in total. The summed E-state index contributed by atoms with van der Waals surface area (Å²) in [6.07, 6.45) is 4.04. The molecule has 1 saturated heterocycles. The standard InChI is InChI=1S/C14H19NO3S/c1-11(16)19-10-12-8-14(17)15(9-12)6-2-4-13-5-3-7-18-13/h3,5,7,12H,2,4,6,8-10H2,1H3. The van der Waals surface area contributed by atoms with Gasteiger partial charge >= 0.3 is 0 Å². The quantitative estimate of drug-likeness (QED) is 0.803. The minimum atomic E-state index is 0.128. The zero-order valence-electron chi connectivity index (χ0n) is 11.1. The number of hydrogen-bond donors (Lipinski definition) is 0. The van der Waals surface area contributed by atoms with Gasteiger partial charge in [-0.25, -0.2) is 0 Å². The molecule has 104 valence electrons. The average molecular weight is 281 g/mol. The Morgan fingerprint density at radius 1 is 1.58 bits per heavy atom. The van der Waals surface area contributed by atoms with E-state index < -0.39 is 0 Å². The van der Waals surface area contributed by atoms with Crippen molar-refractivity contribution in [3.63, 3.8) is 0 Å². The van der Waals surface area contributed by atoms with Gasteiger partial charge in [0.15, 0.2) is 5.12 Å². The van der Waals surface area contributed by atoms with Crippen molar-refractivity contribution in [2.24, 2.45) is 5.92 Å². The first-order valence-electron chi connectivity index (χ1n) is 6.58. The van der Waals surface area contributed by atoms with Crippen molar-refractivity contribution in [1.82, 2.24) is 4.90 Å². The highest BCUT2D eigenvalue weighted by molar-refractivity contribution is 8.13. The molecule has 0 aromatic carbocycles. The van der Waals surface area contributed by atoms with Gasteiger partial charge in [0.1, 0.15) is 5.76 Å². The minimum Gasteiger partial charge on any atom is -0.469 e. The highest BCUT2D eigenvalue weighted by Crippen LogP contribution is 2.22. The molecule has 5 heteroatoms. The van der Waals surface area contributed by atoms with Gasteiger partial charge in [0, 0.05) is 38.6 Å². The predicted molar refractivity (Wildman–Crippen MR) is 74.9 cm³/mol. The molecule has 0 bridgehead atoms. The summed E-state index contributed by atoms with van der Waals surface area (Å²) in [5.74, 6) is 2.27. The van der Waals surface area contributed by atoms with E-state index in [1.54, 1.807) is 13.2 Å². The van der Waals surface area contributed by atoms with Crippen molar-refractivity contribution in [3.8, 4) is 0 Å². The average Bonchev–Trinajstić information content (AvgIpc) is 2.98. The number of nitrogens with zero attached hydrogens (tertiary/aromatic N) is 1. The molecule has 0 saturated carbocycles. The van der Waals surface area contributed by atoms with Gasteiger partial charge < -0.3 is 9.32 Å². The van der Waals surface area contributed by atoms with Crippen LogP contribution in [0.4, 0.5) is 0 Å². The summed E-state index contributed by atoms with van der Waals surface area (Å²) in [6.45, 7) is 3.14. The highest BCUT2D eigenvalue weighted by Gasteiger charge is 2.29. The van der Waals surface area contributed by atoms with Crippen LogP contribution in [0, 0.1) is 5.92 Å². The monoisotopic (exact) mass is 281 g/mol. The Labute approximate surface area is 117 Å². The molecular weight excluding hydrogens is 262 g/mol. The van der Waals surface area contributed by atoms with Gasteiger partial charge in [0.2, 0.25) is 5.91 Å². The first-order valence-corrected chi connectivity index (χ1v) is 7.57. The summed E-state index contributed by atoms with van der Waals surface area (Å²) < 4.78 is 5.27. The number of furan rings is 1. The molecule has 1 fully saturated rings. The molecule has 1 amide bonds. The van der Waals surface area contributed by atoms with Crippen molar-refractivity contribution >= 4 is 22.8 Å². The molecule has 0 spiro atoms. The second kappa shape index (κ2) is 6.80. The van der Waals surface area contributed by atoms with Crippen molar-refractivity contribution in [2.75, 3.05) is 18.8 Å². The fraction of sp³-hybridized carbons (Fsp3) is 0.571. The second-order valence-electron chi connectivity index (χ2n) is 4.90. The number of amides is 1. The molecule has 0 aliphatic carbocycles. The normalized spacial score (nSPS) is 19.1. The Morgan fingerprint density at radius 2 is 2.42 bits per heavy atom. The smallest absolute Gasteiger partial charge is 0.222 e. The van der Waals surface area contributed by atoms with Crippen molar-refractivity contribution in [1.29, 1.82) is 0 Å².